The summed E-state index contributed by atoms with van der Waals surface area (Å²) >= 11 is 0. The number of benzene rings is 1. The molecule has 20 heavy (non-hydrogen) atoms. The normalized spacial score (nSPS) is 11.6. The second-order valence-electron chi connectivity index (χ2n) is 4.18. The Morgan fingerprint density at radius 3 is 2.60 bits per heavy atom. The topological polar surface area (TPSA) is 61.8 Å². The van der Waals surface area contributed by atoms with Crippen LogP contribution in [0.25, 0.3) is 0 Å². The average molecular weight is 280 g/mol. The van der Waals surface area contributed by atoms with Gasteiger partial charge in [-0.25, -0.2) is 4.79 Å². The van der Waals surface area contributed by atoms with E-state index >= 15 is 0 Å². The van der Waals surface area contributed by atoms with Gasteiger partial charge < -0.3 is 14.2 Å². The van der Waals surface area contributed by atoms with Crippen molar-refractivity contribution in [2.24, 2.45) is 0 Å². The molecule has 5 nitrogen and oxygen atoms in total. The van der Waals surface area contributed by atoms with Gasteiger partial charge in [0.2, 0.25) is 0 Å². The Balaban J connectivity index is 2.96. The largest absolute Gasteiger partial charge is 0.493 e. The average Bonchev–Trinajstić information content (AvgIpc) is 2.46. The van der Waals surface area contributed by atoms with Crippen LogP contribution in [0.15, 0.2) is 18.2 Å². The number of hydrogen-bond acceptors (Lipinski definition) is 5. The standard InChI is InChI=1S/C15H20O5/c1-4-6-13(15(17)19-5-2)20-14-9-11(10-16)7-8-12(14)18-3/h7-10,13H,4-6H2,1-3H3. The summed E-state index contributed by atoms with van der Waals surface area (Å²) in [5.74, 6) is 0.428. The maximum Gasteiger partial charge on any atom is 0.347 e. The van der Waals surface area contributed by atoms with Crippen LogP contribution < -0.4 is 9.47 Å². The molecule has 0 saturated heterocycles. The summed E-state index contributed by atoms with van der Waals surface area (Å²) in [4.78, 5) is 22.7. The summed E-state index contributed by atoms with van der Waals surface area (Å²) < 4.78 is 15.8. The molecule has 0 amide bonds. The Morgan fingerprint density at radius 2 is 2.05 bits per heavy atom. The quantitative estimate of drug-likeness (QED) is 0.541. The number of aldehydes is 1. The van der Waals surface area contributed by atoms with Gasteiger partial charge in [0.1, 0.15) is 6.29 Å². The zero-order valence-electron chi connectivity index (χ0n) is 12.0. The van der Waals surface area contributed by atoms with E-state index in [-0.39, 0.29) is 0 Å². The smallest absolute Gasteiger partial charge is 0.347 e. The van der Waals surface area contributed by atoms with Crippen molar-refractivity contribution in [3.05, 3.63) is 23.8 Å². The zero-order chi connectivity index (χ0) is 15.0. The molecule has 0 heterocycles. The summed E-state index contributed by atoms with van der Waals surface area (Å²) in [5.41, 5.74) is 0.458. The van der Waals surface area contributed by atoms with Gasteiger partial charge in [0.25, 0.3) is 0 Å². The van der Waals surface area contributed by atoms with E-state index in [2.05, 4.69) is 0 Å². The molecule has 0 saturated carbocycles. The molecular formula is C15H20O5. The SMILES string of the molecule is CCCC(Oc1cc(C=O)ccc1OC)C(=O)OCC. The predicted octanol–water partition coefficient (Wildman–Crippen LogP) is 2.62. The number of ether oxygens (including phenoxy) is 3. The fourth-order valence-corrected chi connectivity index (χ4v) is 1.73. The Hall–Kier alpha value is -2.04. The maximum atomic E-state index is 11.8. The van der Waals surface area contributed by atoms with E-state index in [0.717, 1.165) is 6.42 Å². The molecule has 110 valence electrons. The molecule has 0 aliphatic carbocycles. The van der Waals surface area contributed by atoms with Crippen molar-refractivity contribution in [2.75, 3.05) is 13.7 Å². The minimum absolute atomic E-state index is 0.300. The first-order chi connectivity index (χ1) is 9.65. The Morgan fingerprint density at radius 1 is 1.30 bits per heavy atom. The van der Waals surface area contributed by atoms with Crippen molar-refractivity contribution in [1.82, 2.24) is 0 Å². The van der Waals surface area contributed by atoms with E-state index in [4.69, 9.17) is 14.2 Å². The molecule has 5 heteroatoms. The number of hydrogen-bond donors (Lipinski definition) is 0. The van der Waals surface area contributed by atoms with Gasteiger partial charge in [-0.1, -0.05) is 13.3 Å². The second kappa shape index (κ2) is 8.19. The molecular weight excluding hydrogens is 260 g/mol. The van der Waals surface area contributed by atoms with Crippen molar-refractivity contribution in [2.45, 2.75) is 32.8 Å². The lowest BCUT2D eigenvalue weighted by molar-refractivity contribution is -0.151. The van der Waals surface area contributed by atoms with Gasteiger partial charge in [0.15, 0.2) is 17.6 Å². The van der Waals surface area contributed by atoms with Crippen LogP contribution in [-0.4, -0.2) is 32.1 Å². The minimum Gasteiger partial charge on any atom is -0.493 e. The lowest BCUT2D eigenvalue weighted by Crippen LogP contribution is -2.29. The van der Waals surface area contributed by atoms with Gasteiger partial charge in [0.05, 0.1) is 13.7 Å². The lowest BCUT2D eigenvalue weighted by Gasteiger charge is -2.18. The molecule has 1 unspecified atom stereocenters. The highest BCUT2D eigenvalue weighted by Crippen LogP contribution is 2.29. The number of methoxy groups -OCH3 is 1. The first-order valence-corrected chi connectivity index (χ1v) is 6.62. The highest BCUT2D eigenvalue weighted by Gasteiger charge is 2.22. The van der Waals surface area contributed by atoms with Crippen molar-refractivity contribution < 1.29 is 23.8 Å². The van der Waals surface area contributed by atoms with Crippen LogP contribution in [0.2, 0.25) is 0 Å². The molecule has 0 radical (unpaired) electrons. The summed E-state index contributed by atoms with van der Waals surface area (Å²) in [6.45, 7) is 4.00. The molecule has 1 aromatic carbocycles. The summed E-state index contributed by atoms with van der Waals surface area (Å²) in [7, 11) is 1.50. The molecule has 0 spiro atoms. The van der Waals surface area contributed by atoms with E-state index in [0.29, 0.717) is 36.4 Å². The van der Waals surface area contributed by atoms with E-state index in [1.54, 1.807) is 25.1 Å². The molecule has 0 bridgehead atoms. The maximum absolute atomic E-state index is 11.8. The monoisotopic (exact) mass is 280 g/mol. The van der Waals surface area contributed by atoms with Crippen LogP contribution in [0.5, 0.6) is 11.5 Å². The van der Waals surface area contributed by atoms with Crippen molar-refractivity contribution in [1.29, 1.82) is 0 Å². The first-order valence-electron chi connectivity index (χ1n) is 6.62. The van der Waals surface area contributed by atoms with E-state index in [9.17, 15) is 9.59 Å². The van der Waals surface area contributed by atoms with Crippen LogP contribution >= 0.6 is 0 Å². The van der Waals surface area contributed by atoms with Gasteiger partial charge in [-0.15, -0.1) is 0 Å². The summed E-state index contributed by atoms with van der Waals surface area (Å²) in [5, 5.41) is 0. The van der Waals surface area contributed by atoms with E-state index < -0.39 is 12.1 Å². The Labute approximate surface area is 118 Å². The summed E-state index contributed by atoms with van der Waals surface area (Å²) in [6, 6.07) is 4.80. The molecule has 0 N–H and O–H groups in total. The van der Waals surface area contributed by atoms with Crippen LogP contribution in [0.4, 0.5) is 0 Å². The molecule has 1 aromatic rings. The molecule has 0 aromatic heterocycles. The van der Waals surface area contributed by atoms with Gasteiger partial charge in [-0.2, -0.15) is 0 Å². The third kappa shape index (κ3) is 4.26. The van der Waals surface area contributed by atoms with Gasteiger partial charge >= 0.3 is 5.97 Å². The number of carbonyl (C=O) groups excluding carboxylic acids is 2. The predicted molar refractivity (Wildman–Crippen MR) is 74.3 cm³/mol. The van der Waals surface area contributed by atoms with Gasteiger partial charge in [-0.3, -0.25) is 4.79 Å². The van der Waals surface area contributed by atoms with Gasteiger partial charge in [0, 0.05) is 5.56 Å². The fourth-order valence-electron chi connectivity index (χ4n) is 1.73. The van der Waals surface area contributed by atoms with Crippen LogP contribution in [0.3, 0.4) is 0 Å². The molecule has 0 fully saturated rings. The molecule has 1 rings (SSSR count). The van der Waals surface area contributed by atoms with Crippen LogP contribution in [0, 0.1) is 0 Å². The molecule has 0 aliphatic heterocycles. The van der Waals surface area contributed by atoms with E-state index in [1.807, 2.05) is 6.92 Å². The zero-order valence-corrected chi connectivity index (χ0v) is 12.0. The Bertz CT molecular complexity index is 456. The molecule has 1 atom stereocenters. The number of carbonyl (C=O) groups is 2. The minimum atomic E-state index is -0.698. The summed E-state index contributed by atoms with van der Waals surface area (Å²) in [6.07, 6.45) is 1.33. The third-order valence-electron chi connectivity index (χ3n) is 2.69. The van der Waals surface area contributed by atoms with Crippen LogP contribution in [0.1, 0.15) is 37.0 Å². The van der Waals surface area contributed by atoms with Crippen molar-refractivity contribution in [3.63, 3.8) is 0 Å². The van der Waals surface area contributed by atoms with Crippen molar-refractivity contribution in [3.8, 4) is 11.5 Å². The van der Waals surface area contributed by atoms with Crippen molar-refractivity contribution >= 4 is 12.3 Å². The van der Waals surface area contributed by atoms with Gasteiger partial charge in [-0.05, 0) is 31.5 Å². The third-order valence-corrected chi connectivity index (χ3v) is 2.69. The lowest BCUT2D eigenvalue weighted by atomic mass is 10.2. The second-order valence-corrected chi connectivity index (χ2v) is 4.18. The van der Waals surface area contributed by atoms with Crippen LogP contribution in [-0.2, 0) is 9.53 Å². The number of rotatable bonds is 8. The number of esters is 1. The Kier molecular flexibility index (Phi) is 6.56. The fraction of sp³-hybridized carbons (Fsp3) is 0.467. The highest BCUT2D eigenvalue weighted by atomic mass is 16.6. The highest BCUT2D eigenvalue weighted by molar-refractivity contribution is 5.77. The molecule has 0 aliphatic rings. The van der Waals surface area contributed by atoms with E-state index in [1.165, 1.54) is 7.11 Å². The first kappa shape index (κ1) is 16.0.